The summed E-state index contributed by atoms with van der Waals surface area (Å²) in [6.45, 7) is 2.49. The molecular weight excluding hydrogens is 248 g/mol. The first kappa shape index (κ1) is 14.7. The molecule has 0 saturated carbocycles. The summed E-state index contributed by atoms with van der Waals surface area (Å²) in [5.74, 6) is -0.0313. The molecule has 0 aromatic carbocycles. The number of nitrogens with zero attached hydrogens (tertiary/aromatic N) is 3. The fourth-order valence-electron chi connectivity index (χ4n) is 1.64. The number of hydrogen-bond donors (Lipinski definition) is 2. The average molecular weight is 266 g/mol. The molecule has 0 radical (unpaired) electrons. The molecule has 3 N–H and O–H groups in total. The summed E-state index contributed by atoms with van der Waals surface area (Å²) in [7, 11) is 1.45. The van der Waals surface area contributed by atoms with Crippen molar-refractivity contribution in [3.05, 3.63) is 23.9 Å². The number of aromatic nitrogens is 1. The Morgan fingerprint density at radius 3 is 2.95 bits per heavy atom. The lowest BCUT2D eigenvalue weighted by atomic mass is 10.2. The monoisotopic (exact) mass is 266 g/mol. The summed E-state index contributed by atoms with van der Waals surface area (Å²) in [5, 5.41) is 11.5. The third-order valence-corrected chi connectivity index (χ3v) is 2.46. The van der Waals surface area contributed by atoms with E-state index in [2.05, 4.69) is 10.1 Å². The Morgan fingerprint density at radius 1 is 1.63 bits per heavy atom. The van der Waals surface area contributed by atoms with Crippen LogP contribution in [0, 0.1) is 0 Å². The number of hydrogen-bond acceptors (Lipinski definition) is 5. The zero-order valence-corrected chi connectivity index (χ0v) is 11.0. The molecule has 0 saturated heterocycles. The van der Waals surface area contributed by atoms with Crippen molar-refractivity contribution in [3.63, 3.8) is 0 Å². The van der Waals surface area contributed by atoms with E-state index in [1.54, 1.807) is 18.3 Å². The Labute approximate surface area is 111 Å². The lowest BCUT2D eigenvalue weighted by Gasteiger charge is -2.21. The number of pyridine rings is 1. The van der Waals surface area contributed by atoms with E-state index >= 15 is 0 Å². The van der Waals surface area contributed by atoms with E-state index in [0.29, 0.717) is 12.1 Å². The van der Waals surface area contributed by atoms with E-state index in [1.807, 2.05) is 6.92 Å². The van der Waals surface area contributed by atoms with Gasteiger partial charge in [-0.25, -0.2) is 4.98 Å². The molecule has 104 valence electrons. The molecule has 0 aliphatic rings. The molecule has 0 aliphatic carbocycles. The van der Waals surface area contributed by atoms with Crippen LogP contribution in [0.25, 0.3) is 0 Å². The zero-order valence-electron chi connectivity index (χ0n) is 11.0. The summed E-state index contributed by atoms with van der Waals surface area (Å²) < 4.78 is 5.06. The number of carbonyl (C=O) groups is 1. The van der Waals surface area contributed by atoms with Crippen molar-refractivity contribution in [3.8, 4) is 5.88 Å². The van der Waals surface area contributed by atoms with Crippen LogP contribution < -0.4 is 10.5 Å². The van der Waals surface area contributed by atoms with E-state index in [0.717, 1.165) is 6.42 Å². The van der Waals surface area contributed by atoms with E-state index < -0.39 is 0 Å². The molecule has 0 fully saturated rings. The number of oxime groups is 1. The zero-order chi connectivity index (χ0) is 14.3. The predicted octanol–water partition coefficient (Wildman–Crippen LogP) is 0.689. The highest BCUT2D eigenvalue weighted by molar-refractivity contribution is 5.98. The van der Waals surface area contributed by atoms with Gasteiger partial charge in [0.15, 0.2) is 5.84 Å². The molecule has 7 heteroatoms. The molecule has 1 aromatic rings. The van der Waals surface area contributed by atoms with Crippen LogP contribution in [-0.2, 0) is 0 Å². The number of amides is 1. The average Bonchev–Trinajstić information content (AvgIpc) is 2.45. The minimum atomic E-state index is -0.265. The Balaban J connectivity index is 2.98. The minimum Gasteiger partial charge on any atom is -0.480 e. The fourth-order valence-corrected chi connectivity index (χ4v) is 1.64. The van der Waals surface area contributed by atoms with Crippen LogP contribution in [0.4, 0.5) is 0 Å². The topological polar surface area (TPSA) is 101 Å². The van der Waals surface area contributed by atoms with Crippen LogP contribution >= 0.6 is 0 Å². The maximum atomic E-state index is 12.4. The molecule has 0 unspecified atom stereocenters. The maximum absolute atomic E-state index is 12.4. The van der Waals surface area contributed by atoms with Crippen molar-refractivity contribution in [2.75, 3.05) is 20.2 Å². The van der Waals surface area contributed by atoms with Gasteiger partial charge in [0, 0.05) is 12.7 Å². The summed E-state index contributed by atoms with van der Waals surface area (Å²) in [4.78, 5) is 17.8. The van der Waals surface area contributed by atoms with Crippen LogP contribution in [0.3, 0.4) is 0 Å². The van der Waals surface area contributed by atoms with Crippen LogP contribution in [0.2, 0.25) is 0 Å². The highest BCUT2D eigenvalue weighted by Crippen LogP contribution is 2.16. The van der Waals surface area contributed by atoms with Gasteiger partial charge in [-0.3, -0.25) is 4.79 Å². The van der Waals surface area contributed by atoms with Crippen molar-refractivity contribution in [1.29, 1.82) is 0 Å². The largest absolute Gasteiger partial charge is 0.480 e. The van der Waals surface area contributed by atoms with E-state index in [-0.39, 0.29) is 24.2 Å². The van der Waals surface area contributed by atoms with Gasteiger partial charge in [-0.05, 0) is 18.6 Å². The van der Waals surface area contributed by atoms with Gasteiger partial charge in [-0.15, -0.1) is 0 Å². The first-order chi connectivity index (χ1) is 9.13. The molecule has 0 aliphatic heterocycles. The maximum Gasteiger partial charge on any atom is 0.259 e. The molecule has 7 nitrogen and oxygen atoms in total. The van der Waals surface area contributed by atoms with Crippen LogP contribution in [0.1, 0.15) is 23.7 Å². The molecule has 0 spiro atoms. The second kappa shape index (κ2) is 7.20. The normalized spacial score (nSPS) is 11.2. The summed E-state index contributed by atoms with van der Waals surface area (Å²) in [6.07, 6.45) is 2.30. The number of amidine groups is 1. The van der Waals surface area contributed by atoms with Gasteiger partial charge in [0.1, 0.15) is 5.56 Å². The highest BCUT2D eigenvalue weighted by atomic mass is 16.5. The van der Waals surface area contributed by atoms with Gasteiger partial charge in [0.05, 0.1) is 13.7 Å². The van der Waals surface area contributed by atoms with Crippen molar-refractivity contribution >= 4 is 11.7 Å². The predicted molar refractivity (Wildman–Crippen MR) is 70.4 cm³/mol. The Kier molecular flexibility index (Phi) is 5.59. The van der Waals surface area contributed by atoms with E-state index in [4.69, 9.17) is 15.7 Å². The van der Waals surface area contributed by atoms with Crippen LogP contribution in [-0.4, -0.2) is 47.0 Å². The third kappa shape index (κ3) is 3.84. The van der Waals surface area contributed by atoms with E-state index in [1.165, 1.54) is 12.0 Å². The lowest BCUT2D eigenvalue weighted by Crippen LogP contribution is -2.39. The van der Waals surface area contributed by atoms with Gasteiger partial charge < -0.3 is 20.6 Å². The third-order valence-electron chi connectivity index (χ3n) is 2.46. The number of nitrogens with two attached hydrogens (primary N) is 1. The second-order valence-electron chi connectivity index (χ2n) is 3.88. The molecule has 1 amide bonds. The van der Waals surface area contributed by atoms with Crippen LogP contribution in [0.15, 0.2) is 23.5 Å². The summed E-state index contributed by atoms with van der Waals surface area (Å²) >= 11 is 0. The van der Waals surface area contributed by atoms with Gasteiger partial charge >= 0.3 is 0 Å². The van der Waals surface area contributed by atoms with Crippen molar-refractivity contribution < 1.29 is 14.7 Å². The van der Waals surface area contributed by atoms with Crippen molar-refractivity contribution in [2.45, 2.75) is 13.3 Å². The molecule has 1 rings (SSSR count). The number of methoxy groups -OCH3 is 1. The highest BCUT2D eigenvalue weighted by Gasteiger charge is 2.20. The Bertz CT molecular complexity index is 462. The fraction of sp³-hybridized carbons (Fsp3) is 0.417. The Hall–Kier alpha value is -2.31. The van der Waals surface area contributed by atoms with Gasteiger partial charge in [-0.1, -0.05) is 12.1 Å². The smallest absolute Gasteiger partial charge is 0.259 e. The van der Waals surface area contributed by atoms with Gasteiger partial charge in [0.25, 0.3) is 5.91 Å². The first-order valence-corrected chi connectivity index (χ1v) is 5.88. The SMILES string of the molecule is CCCN(CC(N)=NO)C(=O)c1cccnc1OC. The first-order valence-electron chi connectivity index (χ1n) is 5.88. The quantitative estimate of drug-likeness (QED) is 0.341. The Morgan fingerprint density at radius 2 is 2.37 bits per heavy atom. The molecule has 1 aromatic heterocycles. The number of carbonyl (C=O) groups excluding carboxylic acids is 1. The molecular formula is C12H18N4O3. The standard InChI is InChI=1S/C12H18N4O3/c1-3-7-16(8-10(13)15-18)12(17)9-5-4-6-14-11(9)19-2/h4-6,18H,3,7-8H2,1-2H3,(H2,13,15). The number of rotatable bonds is 6. The number of ether oxygens (including phenoxy) is 1. The molecule has 0 atom stereocenters. The van der Waals surface area contributed by atoms with Crippen molar-refractivity contribution in [2.24, 2.45) is 10.9 Å². The summed E-state index contributed by atoms with van der Waals surface area (Å²) in [6, 6.07) is 3.28. The minimum absolute atomic E-state index is 0.0235. The molecule has 19 heavy (non-hydrogen) atoms. The molecule has 1 heterocycles. The van der Waals surface area contributed by atoms with Crippen LogP contribution in [0.5, 0.6) is 5.88 Å². The van der Waals surface area contributed by atoms with Crippen molar-refractivity contribution in [1.82, 2.24) is 9.88 Å². The van der Waals surface area contributed by atoms with Gasteiger partial charge in [0.2, 0.25) is 5.88 Å². The summed E-state index contributed by atoms with van der Waals surface area (Å²) in [5.41, 5.74) is 5.80. The lowest BCUT2D eigenvalue weighted by molar-refractivity contribution is 0.0774. The molecule has 0 bridgehead atoms. The van der Waals surface area contributed by atoms with Gasteiger partial charge in [-0.2, -0.15) is 0 Å². The van der Waals surface area contributed by atoms with E-state index in [9.17, 15) is 4.79 Å². The second-order valence-corrected chi connectivity index (χ2v) is 3.88.